The van der Waals surface area contributed by atoms with E-state index in [1.54, 1.807) is 11.0 Å². The number of anilines is 1. The molecule has 166 valence electrons. The summed E-state index contributed by atoms with van der Waals surface area (Å²) < 4.78 is 1.57. The Hall–Kier alpha value is -4.07. The highest BCUT2D eigenvalue weighted by molar-refractivity contribution is 5.80. The predicted molar refractivity (Wildman–Crippen MR) is 125 cm³/mol. The van der Waals surface area contributed by atoms with Crippen molar-refractivity contribution in [2.45, 2.75) is 18.9 Å². The third-order valence-corrected chi connectivity index (χ3v) is 5.96. The Morgan fingerprint density at radius 1 is 0.909 bits per heavy atom. The Kier molecular flexibility index (Phi) is 6.06. The summed E-state index contributed by atoms with van der Waals surface area (Å²) in [4.78, 5) is 19.4. The molecule has 1 N–H and O–H groups in total. The van der Waals surface area contributed by atoms with Crippen LogP contribution in [0.3, 0.4) is 0 Å². The molecule has 1 aliphatic heterocycles. The van der Waals surface area contributed by atoms with Gasteiger partial charge in [0.15, 0.2) is 11.6 Å². The van der Waals surface area contributed by atoms with Crippen LogP contribution in [0, 0.1) is 5.92 Å². The van der Waals surface area contributed by atoms with E-state index in [0.717, 1.165) is 36.3 Å². The molecule has 1 saturated heterocycles. The lowest BCUT2D eigenvalue weighted by molar-refractivity contribution is -0.125. The van der Waals surface area contributed by atoms with Crippen LogP contribution in [-0.2, 0) is 4.79 Å². The van der Waals surface area contributed by atoms with Crippen molar-refractivity contribution in [1.82, 2.24) is 30.3 Å². The maximum atomic E-state index is 13.3. The monoisotopic (exact) mass is 439 g/mol. The first-order chi connectivity index (χ1) is 16.3. The predicted octanol–water partition coefficient (Wildman–Crippen LogP) is 3.18. The van der Waals surface area contributed by atoms with Gasteiger partial charge in [-0.25, -0.2) is 9.67 Å². The van der Waals surface area contributed by atoms with Gasteiger partial charge in [0.1, 0.15) is 12.7 Å². The van der Waals surface area contributed by atoms with Gasteiger partial charge in [-0.05, 0) is 36.1 Å². The van der Waals surface area contributed by atoms with Crippen LogP contribution < -0.4 is 10.2 Å². The van der Waals surface area contributed by atoms with Gasteiger partial charge in [-0.3, -0.25) is 4.79 Å². The van der Waals surface area contributed by atoms with Crippen molar-refractivity contribution in [1.29, 1.82) is 0 Å². The van der Waals surface area contributed by atoms with Crippen molar-refractivity contribution in [3.05, 3.63) is 96.6 Å². The number of benzene rings is 2. The molecule has 0 spiro atoms. The van der Waals surface area contributed by atoms with Crippen LogP contribution in [0.25, 0.3) is 5.82 Å². The summed E-state index contributed by atoms with van der Waals surface area (Å²) in [5.74, 6) is 1.31. The fraction of sp³-hybridized carbons (Fsp3) is 0.240. The van der Waals surface area contributed by atoms with Gasteiger partial charge in [0.25, 0.3) is 0 Å². The highest BCUT2D eigenvalue weighted by Crippen LogP contribution is 2.25. The highest BCUT2D eigenvalue weighted by Gasteiger charge is 2.29. The van der Waals surface area contributed by atoms with Crippen molar-refractivity contribution >= 4 is 11.7 Å². The normalized spacial score (nSPS) is 16.0. The quantitative estimate of drug-likeness (QED) is 0.496. The van der Waals surface area contributed by atoms with Crippen LogP contribution in [-0.4, -0.2) is 44.0 Å². The number of amides is 1. The third kappa shape index (κ3) is 4.74. The smallest absolute Gasteiger partial charge is 0.225 e. The molecule has 3 heterocycles. The number of hydrogen-bond donors (Lipinski definition) is 1. The van der Waals surface area contributed by atoms with E-state index in [2.05, 4.69) is 54.8 Å². The summed E-state index contributed by atoms with van der Waals surface area (Å²) >= 11 is 0. The second-order valence-corrected chi connectivity index (χ2v) is 8.14. The van der Waals surface area contributed by atoms with Gasteiger partial charge in [-0.2, -0.15) is 5.10 Å². The fourth-order valence-electron chi connectivity index (χ4n) is 4.25. The van der Waals surface area contributed by atoms with Crippen molar-refractivity contribution in [2.75, 3.05) is 18.0 Å². The summed E-state index contributed by atoms with van der Waals surface area (Å²) in [6, 6.07) is 23.8. The molecule has 2 aromatic heterocycles. The minimum atomic E-state index is -0.183. The molecule has 8 nitrogen and oxygen atoms in total. The molecule has 2 aromatic carbocycles. The van der Waals surface area contributed by atoms with Gasteiger partial charge in [-0.15, -0.1) is 10.2 Å². The Morgan fingerprint density at radius 2 is 1.58 bits per heavy atom. The van der Waals surface area contributed by atoms with Gasteiger partial charge in [0.05, 0.1) is 12.0 Å². The van der Waals surface area contributed by atoms with Gasteiger partial charge >= 0.3 is 0 Å². The Bertz CT molecular complexity index is 1130. The molecule has 0 bridgehead atoms. The number of hydrogen-bond acceptors (Lipinski definition) is 6. The minimum Gasteiger partial charge on any atom is -0.354 e. The van der Waals surface area contributed by atoms with E-state index in [9.17, 15) is 4.79 Å². The van der Waals surface area contributed by atoms with Crippen LogP contribution in [0.5, 0.6) is 0 Å². The van der Waals surface area contributed by atoms with Crippen LogP contribution in [0.1, 0.15) is 30.0 Å². The second kappa shape index (κ2) is 9.60. The molecule has 0 saturated carbocycles. The average molecular weight is 440 g/mol. The number of rotatable bonds is 6. The first-order valence-corrected chi connectivity index (χ1v) is 11.1. The largest absolute Gasteiger partial charge is 0.354 e. The van der Waals surface area contributed by atoms with Crippen LogP contribution in [0.4, 0.5) is 5.82 Å². The van der Waals surface area contributed by atoms with E-state index in [4.69, 9.17) is 0 Å². The van der Waals surface area contributed by atoms with Gasteiger partial charge < -0.3 is 10.2 Å². The fourth-order valence-corrected chi connectivity index (χ4v) is 4.25. The zero-order chi connectivity index (χ0) is 22.5. The SMILES string of the molecule is O=C(NC(c1ccccc1)c1ccccc1)C1CCCN(c2ccc(-n3cncn3)nn2)C1. The summed E-state index contributed by atoms with van der Waals surface area (Å²) in [6.07, 6.45) is 4.82. The van der Waals surface area contributed by atoms with E-state index in [-0.39, 0.29) is 17.9 Å². The number of nitrogens with one attached hydrogen (secondary N) is 1. The molecule has 1 atom stereocenters. The summed E-state index contributed by atoms with van der Waals surface area (Å²) in [5, 5.41) is 16.0. The molecule has 4 aromatic rings. The van der Waals surface area contributed by atoms with Gasteiger partial charge in [0, 0.05) is 13.1 Å². The topological polar surface area (TPSA) is 88.8 Å². The van der Waals surface area contributed by atoms with Crippen molar-refractivity contribution in [3.63, 3.8) is 0 Å². The number of nitrogens with zero attached hydrogens (tertiary/aromatic N) is 6. The summed E-state index contributed by atoms with van der Waals surface area (Å²) in [5.41, 5.74) is 2.14. The molecule has 1 aliphatic rings. The Balaban J connectivity index is 1.30. The lowest BCUT2D eigenvalue weighted by Crippen LogP contribution is -2.44. The lowest BCUT2D eigenvalue weighted by Gasteiger charge is -2.33. The van der Waals surface area contributed by atoms with Crippen LogP contribution in [0.15, 0.2) is 85.5 Å². The number of piperidine rings is 1. The molecule has 0 radical (unpaired) electrons. The molecular formula is C25H25N7O. The van der Waals surface area contributed by atoms with Crippen molar-refractivity contribution in [3.8, 4) is 5.82 Å². The van der Waals surface area contributed by atoms with Crippen LogP contribution >= 0.6 is 0 Å². The van der Waals surface area contributed by atoms with Gasteiger partial charge in [-0.1, -0.05) is 60.7 Å². The van der Waals surface area contributed by atoms with Crippen LogP contribution in [0.2, 0.25) is 0 Å². The minimum absolute atomic E-state index is 0.0598. The Morgan fingerprint density at radius 3 is 2.18 bits per heavy atom. The third-order valence-electron chi connectivity index (χ3n) is 5.96. The summed E-state index contributed by atoms with van der Waals surface area (Å²) in [6.45, 7) is 1.46. The van der Waals surface area contributed by atoms with E-state index in [0.29, 0.717) is 12.4 Å². The van der Waals surface area contributed by atoms with E-state index >= 15 is 0 Å². The number of carbonyl (C=O) groups excluding carboxylic acids is 1. The number of carbonyl (C=O) groups is 1. The Labute approximate surface area is 192 Å². The maximum absolute atomic E-state index is 13.3. The molecule has 1 fully saturated rings. The molecule has 8 heteroatoms. The van der Waals surface area contributed by atoms with E-state index in [1.165, 1.54) is 6.33 Å². The molecule has 1 amide bonds. The lowest BCUT2D eigenvalue weighted by atomic mass is 9.94. The van der Waals surface area contributed by atoms with Crippen molar-refractivity contribution < 1.29 is 4.79 Å². The highest BCUT2D eigenvalue weighted by atomic mass is 16.2. The van der Waals surface area contributed by atoms with Crippen molar-refractivity contribution in [2.24, 2.45) is 5.92 Å². The average Bonchev–Trinajstić information content (AvgIpc) is 3.43. The van der Waals surface area contributed by atoms with E-state index in [1.807, 2.05) is 48.5 Å². The summed E-state index contributed by atoms with van der Waals surface area (Å²) in [7, 11) is 0. The standard InChI is InChI=1S/C25H25N7O/c33-25(28-24(19-8-3-1-4-9-19)20-10-5-2-6-11-20)21-12-7-15-31(16-21)22-13-14-23(30-29-22)32-18-26-17-27-32/h1-6,8-11,13-14,17-18,21,24H,7,12,15-16H2,(H,28,33). The first kappa shape index (κ1) is 20.8. The maximum Gasteiger partial charge on any atom is 0.225 e. The molecule has 33 heavy (non-hydrogen) atoms. The molecular weight excluding hydrogens is 414 g/mol. The zero-order valence-electron chi connectivity index (χ0n) is 18.2. The molecule has 1 unspecified atom stereocenters. The molecule has 5 rings (SSSR count). The first-order valence-electron chi connectivity index (χ1n) is 11.1. The number of aromatic nitrogens is 5. The molecule has 0 aliphatic carbocycles. The van der Waals surface area contributed by atoms with E-state index < -0.39 is 0 Å². The zero-order valence-corrected chi connectivity index (χ0v) is 18.2. The second-order valence-electron chi connectivity index (χ2n) is 8.14. The van der Waals surface area contributed by atoms with Gasteiger partial charge in [0.2, 0.25) is 5.91 Å².